The van der Waals surface area contributed by atoms with Crippen molar-refractivity contribution in [2.24, 2.45) is 27.9 Å². The smallest absolute Gasteiger partial charge is 0.335 e. The van der Waals surface area contributed by atoms with E-state index in [0.29, 0.717) is 12.0 Å². The SMILES string of the molecule is CC=C1NC(=O)C(Cc2ccccc2)NC(=O)C(CCCN=C(N)N)NC(=O)C(CCN)NC(=O)C(CCN)NC(=O)C(CO)NC(=O)C(NC(=O)CC(O)CCCCCCCCC)COC(=O)C(C(O)CCl)NC(=O)C(C(O)C(=O)O)NC1=O. The Bertz CT molecular complexity index is 2440. The lowest BCUT2D eigenvalue weighted by Gasteiger charge is -2.28. The molecule has 0 aromatic heterocycles. The van der Waals surface area contributed by atoms with Crippen molar-refractivity contribution in [2.45, 2.75) is 170 Å². The van der Waals surface area contributed by atoms with Crippen LogP contribution in [-0.4, -0.2) is 202 Å². The number of aliphatic hydroxyl groups excluding tert-OH is 4. The molecule has 1 aliphatic rings. The molecule has 31 nitrogen and oxygen atoms in total. The number of aliphatic hydroxyl groups is 4. The minimum absolute atomic E-state index is 0.0368. The summed E-state index contributed by atoms with van der Waals surface area (Å²) in [6.07, 6.45) is -0.182. The van der Waals surface area contributed by atoms with Crippen LogP contribution >= 0.6 is 11.6 Å². The standard InChI is InChI=1S/C53H85ClN14O17/c1-3-5-6-7-8-9-13-17-30(70)25-39(72)60-37-28-85-52(84)40(38(71)26-54)67-50(81)41(42(73)51(82)83)68-43(74)31(4-2)61-47(78)35(24-29-15-11-10-12-16-29)65-44(75)32(18-14-23-59-53(57)58)62-45(76)33(19-21-55)63-46(77)34(20-22-56)64-48(79)36(27-69)66-49(37)80/h4,10-12,15-16,30,32-38,40-42,69-71,73H,3,5-9,13-14,17-28,55-56H2,1-2H3,(H,60,72)(H,61,78)(H,62,76)(H,63,77)(H,64,79)(H,65,75)(H,66,80)(H,67,81)(H,68,74)(H,82,83)(H4,57,58,59). The van der Waals surface area contributed by atoms with E-state index in [1.54, 1.807) is 30.3 Å². The van der Waals surface area contributed by atoms with Gasteiger partial charge in [-0.2, -0.15) is 0 Å². The number of nitrogens with two attached hydrogens (primary N) is 4. The van der Waals surface area contributed by atoms with Crippen molar-refractivity contribution in [3.63, 3.8) is 0 Å². The first kappa shape index (κ1) is 73.6. The fourth-order valence-electron chi connectivity index (χ4n) is 8.38. The van der Waals surface area contributed by atoms with E-state index in [1.165, 1.54) is 6.92 Å². The Balaban J connectivity index is 2.81. The molecule has 11 atom stereocenters. The number of allylic oxidation sites excluding steroid dienone is 1. The first-order chi connectivity index (χ1) is 40.4. The molecular weight excluding hydrogens is 1140 g/mol. The number of rotatable bonds is 26. The molecule has 0 aliphatic carbocycles. The van der Waals surface area contributed by atoms with Gasteiger partial charge in [-0.25, -0.2) is 9.59 Å². The molecule has 0 spiro atoms. The molecule has 0 radical (unpaired) electrons. The predicted octanol–water partition coefficient (Wildman–Crippen LogP) is -5.64. The maximum absolute atomic E-state index is 14.3. The summed E-state index contributed by atoms with van der Waals surface area (Å²) in [6, 6.07) is -6.93. The Kier molecular flexibility index (Phi) is 34.5. The number of benzene rings is 1. The molecule has 476 valence electrons. The molecule has 32 heteroatoms. The number of unbranched alkanes of at least 4 members (excludes halogenated alkanes) is 6. The molecule has 1 saturated heterocycles. The molecule has 0 bridgehead atoms. The van der Waals surface area contributed by atoms with Gasteiger partial charge in [-0.05, 0) is 57.7 Å². The van der Waals surface area contributed by atoms with Gasteiger partial charge in [-0.15, -0.1) is 11.6 Å². The highest BCUT2D eigenvalue weighted by atomic mass is 35.5. The van der Waals surface area contributed by atoms with E-state index < -0.39 is 163 Å². The number of guanidine groups is 1. The lowest BCUT2D eigenvalue weighted by molar-refractivity contribution is -0.155. The monoisotopic (exact) mass is 1220 g/mol. The van der Waals surface area contributed by atoms with Crippen molar-refractivity contribution < 1.29 is 83.0 Å². The zero-order valence-corrected chi connectivity index (χ0v) is 48.5. The van der Waals surface area contributed by atoms with Crippen molar-refractivity contribution in [1.29, 1.82) is 0 Å². The summed E-state index contributed by atoms with van der Waals surface area (Å²) in [5.74, 6) is -15.6. The fraction of sp³-hybridized carbons (Fsp3) is 0.623. The number of ether oxygens (including phenoxy) is 1. The highest BCUT2D eigenvalue weighted by molar-refractivity contribution is 6.18. The van der Waals surface area contributed by atoms with E-state index >= 15 is 0 Å². The van der Waals surface area contributed by atoms with Gasteiger partial charge in [-0.3, -0.25) is 48.1 Å². The number of nitrogens with zero attached hydrogens (tertiary/aromatic N) is 1. The van der Waals surface area contributed by atoms with Gasteiger partial charge in [0.25, 0.3) is 5.91 Å². The minimum Gasteiger partial charge on any atom is -0.479 e. The van der Waals surface area contributed by atoms with Crippen LogP contribution in [0, 0.1) is 0 Å². The van der Waals surface area contributed by atoms with Crippen LogP contribution in [-0.2, 0) is 63.9 Å². The highest BCUT2D eigenvalue weighted by Crippen LogP contribution is 2.13. The lowest BCUT2D eigenvalue weighted by Crippen LogP contribution is -2.62. The number of cyclic esters (lactones) is 1. The number of nitrogens with one attached hydrogen (secondary N) is 9. The van der Waals surface area contributed by atoms with Crippen LogP contribution in [0.2, 0.25) is 0 Å². The van der Waals surface area contributed by atoms with Gasteiger partial charge in [0, 0.05) is 13.0 Å². The minimum atomic E-state index is -2.81. The molecule has 0 saturated carbocycles. The van der Waals surface area contributed by atoms with Crippen LogP contribution in [0.15, 0.2) is 47.1 Å². The summed E-state index contributed by atoms with van der Waals surface area (Å²) in [6.45, 7) is 0.417. The maximum Gasteiger partial charge on any atom is 0.335 e. The molecule has 1 aromatic rings. The van der Waals surface area contributed by atoms with Crippen LogP contribution in [0.4, 0.5) is 0 Å². The van der Waals surface area contributed by atoms with Crippen molar-refractivity contribution in [2.75, 3.05) is 38.7 Å². The number of esters is 1. The summed E-state index contributed by atoms with van der Waals surface area (Å²) >= 11 is 5.88. The molecule has 1 aromatic carbocycles. The molecule has 1 aliphatic heterocycles. The number of carbonyl (C=O) groups is 11. The summed E-state index contributed by atoms with van der Waals surface area (Å²) in [5.41, 5.74) is 22.4. The predicted molar refractivity (Wildman–Crippen MR) is 306 cm³/mol. The lowest BCUT2D eigenvalue weighted by atomic mass is 10.0. The molecule has 9 amide bonds. The fourth-order valence-corrected chi connectivity index (χ4v) is 8.55. The van der Waals surface area contributed by atoms with Crippen molar-refractivity contribution in [3.8, 4) is 0 Å². The number of aliphatic imine (C=N–C) groups is 1. The van der Waals surface area contributed by atoms with Gasteiger partial charge in [-0.1, -0.05) is 88.3 Å². The third-order valence-electron chi connectivity index (χ3n) is 13.1. The molecular formula is C53H85ClN14O17. The first-order valence-corrected chi connectivity index (χ1v) is 28.5. The van der Waals surface area contributed by atoms with Gasteiger partial charge in [0.05, 0.1) is 31.1 Å². The Hall–Kier alpha value is -7.55. The Morgan fingerprint density at radius 1 is 0.706 bits per heavy atom. The number of carboxylic acids is 1. The molecule has 1 heterocycles. The first-order valence-electron chi connectivity index (χ1n) is 27.9. The van der Waals surface area contributed by atoms with Crippen LogP contribution < -0.4 is 70.8 Å². The van der Waals surface area contributed by atoms with Gasteiger partial charge in [0.2, 0.25) is 47.3 Å². The second-order valence-electron chi connectivity index (χ2n) is 19.9. The summed E-state index contributed by atoms with van der Waals surface area (Å²) < 4.78 is 5.27. The number of amides is 9. The number of halogens is 1. The van der Waals surface area contributed by atoms with Gasteiger partial charge in [0.1, 0.15) is 54.6 Å². The summed E-state index contributed by atoms with van der Waals surface area (Å²) in [7, 11) is 0. The second-order valence-corrected chi connectivity index (χ2v) is 20.2. The van der Waals surface area contributed by atoms with Gasteiger partial charge < -0.3 is 101 Å². The third kappa shape index (κ3) is 26.9. The number of hydrogen-bond donors (Lipinski definition) is 18. The van der Waals surface area contributed by atoms with Crippen molar-refractivity contribution in [3.05, 3.63) is 47.7 Å². The molecule has 85 heavy (non-hydrogen) atoms. The number of hydrogen-bond acceptors (Lipinski definition) is 19. The van der Waals surface area contributed by atoms with Crippen LogP contribution in [0.5, 0.6) is 0 Å². The molecule has 2 rings (SSSR count). The number of carbonyl (C=O) groups excluding carboxylic acids is 10. The summed E-state index contributed by atoms with van der Waals surface area (Å²) in [4.78, 5) is 156. The molecule has 1 fully saturated rings. The van der Waals surface area contributed by atoms with Crippen LogP contribution in [0.3, 0.4) is 0 Å². The third-order valence-corrected chi connectivity index (χ3v) is 13.4. The zero-order chi connectivity index (χ0) is 63.6. The largest absolute Gasteiger partial charge is 0.479 e. The van der Waals surface area contributed by atoms with E-state index in [0.717, 1.165) is 44.6 Å². The van der Waals surface area contributed by atoms with Crippen LogP contribution in [0.1, 0.15) is 103 Å². The Morgan fingerprint density at radius 3 is 1.78 bits per heavy atom. The number of alkyl halides is 1. The average molecular weight is 1230 g/mol. The van der Waals surface area contributed by atoms with E-state index in [1.807, 2.05) is 10.6 Å². The van der Waals surface area contributed by atoms with E-state index in [2.05, 4.69) is 49.1 Å². The van der Waals surface area contributed by atoms with Crippen LogP contribution in [0.25, 0.3) is 0 Å². The van der Waals surface area contributed by atoms with E-state index in [9.17, 15) is 78.3 Å². The summed E-state index contributed by atoms with van der Waals surface area (Å²) in [5, 5.41) is 73.2. The van der Waals surface area contributed by atoms with E-state index in [4.69, 9.17) is 39.3 Å². The maximum atomic E-state index is 14.3. The number of aliphatic carboxylic acids is 1. The van der Waals surface area contributed by atoms with Crippen molar-refractivity contribution >= 4 is 82.7 Å². The second kappa shape index (κ2) is 39.9. The zero-order valence-electron chi connectivity index (χ0n) is 47.7. The Labute approximate surface area is 496 Å². The topological polar surface area (TPSA) is 523 Å². The molecule has 11 unspecified atom stereocenters. The average Bonchev–Trinajstić information content (AvgIpc) is 3.67. The molecule has 22 N–H and O–H groups in total. The highest BCUT2D eigenvalue weighted by Gasteiger charge is 2.40. The Morgan fingerprint density at radius 2 is 1.25 bits per heavy atom. The van der Waals surface area contributed by atoms with Crippen molar-refractivity contribution in [1.82, 2.24) is 47.9 Å². The van der Waals surface area contributed by atoms with Gasteiger partial charge in [0.15, 0.2) is 18.1 Å². The normalized spacial score (nSPS) is 23.7. The van der Waals surface area contributed by atoms with Gasteiger partial charge >= 0.3 is 11.9 Å². The number of carboxylic acid groups (broad SMARTS) is 1. The quantitative estimate of drug-likeness (QED) is 0.0103. The van der Waals surface area contributed by atoms with E-state index in [-0.39, 0.29) is 64.1 Å².